The molecule has 29 heavy (non-hydrogen) atoms. The van der Waals surface area contributed by atoms with Crippen LogP contribution >= 0.6 is 0 Å². The fourth-order valence-electron chi connectivity index (χ4n) is 3.58. The van der Waals surface area contributed by atoms with Gasteiger partial charge in [0.1, 0.15) is 6.10 Å². The molecule has 2 aromatic carbocycles. The van der Waals surface area contributed by atoms with Crippen LogP contribution in [0.25, 0.3) is 23.0 Å². The molecule has 4 aromatic rings. The second kappa shape index (κ2) is 6.46. The van der Waals surface area contributed by atoms with Gasteiger partial charge in [-0.15, -0.1) is 0 Å². The molecular weight excluding hydrogens is 372 g/mol. The Hall–Kier alpha value is -3.65. The number of rotatable bonds is 3. The number of ether oxygens (including phenoxy) is 3. The largest absolute Gasteiger partial charge is 0.454 e. The number of fused-ring (bicyclic) bond motifs is 2. The van der Waals surface area contributed by atoms with Crippen LogP contribution in [0.1, 0.15) is 17.4 Å². The average Bonchev–Trinajstić information content (AvgIpc) is 3.52. The molecule has 0 bridgehead atoms. The highest BCUT2D eigenvalue weighted by Gasteiger charge is 2.26. The molecule has 0 radical (unpaired) electrons. The van der Waals surface area contributed by atoms with E-state index in [0.29, 0.717) is 30.6 Å². The Morgan fingerprint density at radius 1 is 0.966 bits per heavy atom. The minimum absolute atomic E-state index is 0.118. The second-order valence-electron chi connectivity index (χ2n) is 6.90. The summed E-state index contributed by atoms with van der Waals surface area (Å²) in [4.78, 5) is 4.49. The lowest BCUT2D eigenvalue weighted by atomic mass is 10.1. The van der Waals surface area contributed by atoms with Gasteiger partial charge in [0.05, 0.1) is 18.8 Å². The molecule has 0 saturated carbocycles. The number of hydrogen-bond donors (Lipinski definition) is 0. The minimum atomic E-state index is -0.118. The molecule has 2 aliphatic heterocycles. The summed E-state index contributed by atoms with van der Waals surface area (Å²) in [6.45, 7) is 1.30. The predicted molar refractivity (Wildman–Crippen MR) is 101 cm³/mol. The first-order valence-corrected chi connectivity index (χ1v) is 9.31. The van der Waals surface area contributed by atoms with E-state index in [9.17, 15) is 0 Å². The number of hydrogen-bond acceptors (Lipinski definition) is 7. The van der Waals surface area contributed by atoms with Gasteiger partial charge in [0.2, 0.25) is 12.6 Å². The Morgan fingerprint density at radius 3 is 2.79 bits per heavy atom. The van der Waals surface area contributed by atoms with E-state index in [0.717, 1.165) is 28.3 Å². The van der Waals surface area contributed by atoms with Crippen molar-refractivity contribution in [2.45, 2.75) is 19.3 Å². The van der Waals surface area contributed by atoms with Crippen molar-refractivity contribution >= 4 is 0 Å². The van der Waals surface area contributed by atoms with E-state index >= 15 is 0 Å². The normalized spacial score (nSPS) is 17.3. The Morgan fingerprint density at radius 2 is 1.86 bits per heavy atom. The SMILES string of the molecule is c1ccc(-c2noc(-c3cc4n(n3)C[C@@H](c3ccc5c(c3)OCO5)OC4)n2)cc1. The van der Waals surface area contributed by atoms with E-state index < -0.39 is 0 Å². The third-order valence-electron chi connectivity index (χ3n) is 5.08. The summed E-state index contributed by atoms with van der Waals surface area (Å²) in [7, 11) is 0. The Kier molecular flexibility index (Phi) is 3.63. The quantitative estimate of drug-likeness (QED) is 0.530. The van der Waals surface area contributed by atoms with Crippen molar-refractivity contribution in [3.8, 4) is 34.5 Å². The first-order chi connectivity index (χ1) is 14.3. The maximum atomic E-state index is 6.05. The molecule has 6 rings (SSSR count). The van der Waals surface area contributed by atoms with E-state index in [2.05, 4.69) is 15.2 Å². The first-order valence-electron chi connectivity index (χ1n) is 9.31. The van der Waals surface area contributed by atoms with Gasteiger partial charge in [-0.1, -0.05) is 41.6 Å². The Bertz CT molecular complexity index is 1180. The zero-order chi connectivity index (χ0) is 19.2. The van der Waals surface area contributed by atoms with Crippen LogP contribution in [-0.2, 0) is 17.9 Å². The monoisotopic (exact) mass is 388 g/mol. The Balaban J connectivity index is 1.26. The van der Waals surface area contributed by atoms with Crippen molar-refractivity contribution in [1.82, 2.24) is 19.9 Å². The molecule has 2 aliphatic rings. The van der Waals surface area contributed by atoms with Crippen LogP contribution in [0.5, 0.6) is 11.5 Å². The smallest absolute Gasteiger partial charge is 0.278 e. The molecule has 0 fully saturated rings. The van der Waals surface area contributed by atoms with E-state index in [1.807, 2.05) is 59.3 Å². The lowest BCUT2D eigenvalue weighted by Crippen LogP contribution is -2.21. The van der Waals surface area contributed by atoms with Gasteiger partial charge in [-0.2, -0.15) is 10.1 Å². The highest BCUT2D eigenvalue weighted by molar-refractivity contribution is 5.57. The second-order valence-corrected chi connectivity index (χ2v) is 6.90. The van der Waals surface area contributed by atoms with E-state index in [1.165, 1.54) is 0 Å². The maximum Gasteiger partial charge on any atom is 0.278 e. The van der Waals surface area contributed by atoms with Crippen molar-refractivity contribution in [2.24, 2.45) is 0 Å². The number of aromatic nitrogens is 4. The van der Waals surface area contributed by atoms with E-state index in [4.69, 9.17) is 18.7 Å². The molecule has 144 valence electrons. The highest BCUT2D eigenvalue weighted by atomic mass is 16.7. The standard InChI is InChI=1S/C21H16N4O4/c1-2-4-13(5-3-1)20-22-21(29-24-20)16-9-15-11-26-19(10-25(15)23-16)14-6-7-17-18(8-14)28-12-27-17/h1-9,19H,10-12H2/t19-/m0/s1. The predicted octanol–water partition coefficient (Wildman–Crippen LogP) is 3.60. The number of nitrogens with zero attached hydrogens (tertiary/aromatic N) is 4. The molecule has 2 aromatic heterocycles. The third kappa shape index (κ3) is 2.85. The van der Waals surface area contributed by atoms with Crippen LogP contribution in [0.4, 0.5) is 0 Å². The van der Waals surface area contributed by atoms with Crippen LogP contribution in [0.15, 0.2) is 59.1 Å². The van der Waals surface area contributed by atoms with E-state index in [1.54, 1.807) is 0 Å². The zero-order valence-electron chi connectivity index (χ0n) is 15.3. The van der Waals surface area contributed by atoms with Crippen molar-refractivity contribution in [2.75, 3.05) is 6.79 Å². The van der Waals surface area contributed by atoms with Crippen LogP contribution in [0, 0.1) is 0 Å². The summed E-state index contributed by atoms with van der Waals surface area (Å²) in [6.07, 6.45) is -0.118. The molecule has 8 heteroatoms. The van der Waals surface area contributed by atoms with Gasteiger partial charge in [-0.3, -0.25) is 4.68 Å². The van der Waals surface area contributed by atoms with Crippen molar-refractivity contribution in [3.63, 3.8) is 0 Å². The summed E-state index contributed by atoms with van der Waals surface area (Å²) >= 11 is 0. The van der Waals surface area contributed by atoms with Crippen LogP contribution < -0.4 is 9.47 Å². The fraction of sp³-hybridized carbons (Fsp3) is 0.190. The van der Waals surface area contributed by atoms with Crippen LogP contribution in [-0.4, -0.2) is 26.7 Å². The van der Waals surface area contributed by atoms with Gasteiger partial charge in [0, 0.05) is 5.56 Å². The Labute approximate surface area is 165 Å². The van der Waals surface area contributed by atoms with Gasteiger partial charge in [-0.25, -0.2) is 0 Å². The molecule has 0 amide bonds. The summed E-state index contributed by atoms with van der Waals surface area (Å²) < 4.78 is 24.3. The molecule has 0 aliphatic carbocycles. The first kappa shape index (κ1) is 16.3. The molecule has 4 heterocycles. The van der Waals surface area contributed by atoms with E-state index in [-0.39, 0.29) is 12.9 Å². The maximum absolute atomic E-state index is 6.05. The van der Waals surface area contributed by atoms with Gasteiger partial charge in [0.25, 0.3) is 5.89 Å². The topological polar surface area (TPSA) is 84.4 Å². The molecule has 0 N–H and O–H groups in total. The van der Waals surface area contributed by atoms with Gasteiger partial charge < -0.3 is 18.7 Å². The lowest BCUT2D eigenvalue weighted by molar-refractivity contribution is -0.00122. The molecule has 0 unspecified atom stereocenters. The average molecular weight is 388 g/mol. The molecule has 0 saturated heterocycles. The van der Waals surface area contributed by atoms with Crippen molar-refractivity contribution in [1.29, 1.82) is 0 Å². The van der Waals surface area contributed by atoms with Gasteiger partial charge in [0.15, 0.2) is 17.2 Å². The lowest BCUT2D eigenvalue weighted by Gasteiger charge is -2.24. The molecule has 1 atom stereocenters. The van der Waals surface area contributed by atoms with Gasteiger partial charge >= 0.3 is 0 Å². The minimum Gasteiger partial charge on any atom is -0.454 e. The third-order valence-corrected chi connectivity index (χ3v) is 5.08. The molecular formula is C21H16N4O4. The zero-order valence-corrected chi connectivity index (χ0v) is 15.3. The summed E-state index contributed by atoms with van der Waals surface area (Å²) in [5, 5.41) is 8.73. The highest BCUT2D eigenvalue weighted by Crippen LogP contribution is 2.37. The summed E-state index contributed by atoms with van der Waals surface area (Å²) in [5.74, 6) is 2.45. The summed E-state index contributed by atoms with van der Waals surface area (Å²) in [5.41, 5.74) is 3.54. The van der Waals surface area contributed by atoms with Gasteiger partial charge in [-0.05, 0) is 23.8 Å². The number of benzene rings is 2. The molecule has 8 nitrogen and oxygen atoms in total. The van der Waals surface area contributed by atoms with Crippen molar-refractivity contribution < 1.29 is 18.7 Å². The fourth-order valence-corrected chi connectivity index (χ4v) is 3.58. The summed E-state index contributed by atoms with van der Waals surface area (Å²) in [6, 6.07) is 17.5. The molecule has 0 spiro atoms. The van der Waals surface area contributed by atoms with Crippen LogP contribution in [0.3, 0.4) is 0 Å². The van der Waals surface area contributed by atoms with Crippen LogP contribution in [0.2, 0.25) is 0 Å². The van der Waals surface area contributed by atoms with Crippen molar-refractivity contribution in [3.05, 3.63) is 65.9 Å².